The second kappa shape index (κ2) is 8.06. The predicted octanol–water partition coefficient (Wildman–Crippen LogP) is 4.21. The summed E-state index contributed by atoms with van der Waals surface area (Å²) in [4.78, 5) is 12.5. The summed E-state index contributed by atoms with van der Waals surface area (Å²) in [5.41, 5.74) is 1.71. The summed E-state index contributed by atoms with van der Waals surface area (Å²) in [6.07, 6.45) is 7.01. The van der Waals surface area contributed by atoms with Crippen molar-refractivity contribution in [2.75, 3.05) is 11.9 Å². The largest absolute Gasteiger partial charge is 0.384 e. The molecule has 21 heavy (non-hydrogen) atoms. The van der Waals surface area contributed by atoms with Gasteiger partial charge in [0.2, 0.25) is 0 Å². The van der Waals surface area contributed by atoms with Crippen LogP contribution in [0.25, 0.3) is 0 Å². The quantitative estimate of drug-likeness (QED) is 0.797. The van der Waals surface area contributed by atoms with Crippen molar-refractivity contribution in [2.24, 2.45) is 5.92 Å². The van der Waals surface area contributed by atoms with E-state index in [0.717, 1.165) is 43.0 Å². The van der Waals surface area contributed by atoms with Gasteiger partial charge in [-0.2, -0.15) is 0 Å². The summed E-state index contributed by atoms with van der Waals surface area (Å²) in [6, 6.07) is 8.14. The summed E-state index contributed by atoms with van der Waals surface area (Å²) in [5, 5.41) is 6.57. The summed E-state index contributed by atoms with van der Waals surface area (Å²) in [6.45, 7) is 5.34. The minimum Gasteiger partial charge on any atom is -0.384 e. The molecule has 0 bridgehead atoms. The number of nitrogens with one attached hydrogen (secondary N) is 2. The number of hydrogen-bond donors (Lipinski definition) is 2. The fourth-order valence-corrected chi connectivity index (χ4v) is 2.99. The number of anilines is 1. The molecule has 0 radical (unpaired) electrons. The van der Waals surface area contributed by atoms with Gasteiger partial charge in [-0.1, -0.05) is 38.8 Å². The molecule has 0 spiro atoms. The molecule has 1 fully saturated rings. The van der Waals surface area contributed by atoms with E-state index in [1.165, 1.54) is 19.3 Å². The number of amides is 1. The van der Waals surface area contributed by atoms with E-state index >= 15 is 0 Å². The Hall–Kier alpha value is -1.51. The van der Waals surface area contributed by atoms with Crippen LogP contribution in [0.2, 0.25) is 0 Å². The topological polar surface area (TPSA) is 41.1 Å². The standard InChI is InChI=1S/C18H28N2O/c1-3-13-19-17-10-5-4-9-16(17)18(21)20-15-8-6-7-14(2)11-12-15/h4-5,9-10,14-15,19H,3,6-8,11-13H2,1-2H3,(H,20,21). The number of benzene rings is 1. The molecule has 2 atom stereocenters. The summed E-state index contributed by atoms with van der Waals surface area (Å²) >= 11 is 0. The van der Waals surface area contributed by atoms with E-state index in [2.05, 4.69) is 24.5 Å². The van der Waals surface area contributed by atoms with E-state index in [9.17, 15) is 4.79 Å². The molecule has 1 aliphatic rings. The molecule has 1 aliphatic carbocycles. The number of rotatable bonds is 5. The highest BCUT2D eigenvalue weighted by Gasteiger charge is 2.19. The lowest BCUT2D eigenvalue weighted by atomic mass is 10.0. The van der Waals surface area contributed by atoms with Gasteiger partial charge in [0, 0.05) is 18.3 Å². The van der Waals surface area contributed by atoms with Crippen LogP contribution < -0.4 is 10.6 Å². The molecule has 116 valence electrons. The van der Waals surface area contributed by atoms with Gasteiger partial charge >= 0.3 is 0 Å². The monoisotopic (exact) mass is 288 g/mol. The highest BCUT2D eigenvalue weighted by molar-refractivity contribution is 5.99. The van der Waals surface area contributed by atoms with E-state index in [-0.39, 0.29) is 5.91 Å². The molecular weight excluding hydrogens is 260 g/mol. The average Bonchev–Trinajstić information content (AvgIpc) is 2.70. The van der Waals surface area contributed by atoms with Crippen LogP contribution in [-0.4, -0.2) is 18.5 Å². The minimum absolute atomic E-state index is 0.0637. The van der Waals surface area contributed by atoms with Crippen molar-refractivity contribution in [3.8, 4) is 0 Å². The average molecular weight is 288 g/mol. The van der Waals surface area contributed by atoms with Gasteiger partial charge in [-0.05, 0) is 43.7 Å². The number of carbonyl (C=O) groups is 1. The maximum absolute atomic E-state index is 12.5. The molecular formula is C18H28N2O. The summed E-state index contributed by atoms with van der Waals surface area (Å²) < 4.78 is 0. The third-order valence-corrected chi connectivity index (χ3v) is 4.33. The lowest BCUT2D eigenvalue weighted by Gasteiger charge is -2.18. The molecule has 1 aromatic rings. The first-order valence-electron chi connectivity index (χ1n) is 8.34. The second-order valence-corrected chi connectivity index (χ2v) is 6.26. The molecule has 0 aromatic heterocycles. The Morgan fingerprint density at radius 3 is 2.81 bits per heavy atom. The van der Waals surface area contributed by atoms with Crippen molar-refractivity contribution >= 4 is 11.6 Å². The van der Waals surface area contributed by atoms with Crippen LogP contribution in [0.3, 0.4) is 0 Å². The van der Waals surface area contributed by atoms with Gasteiger partial charge in [0.05, 0.1) is 5.56 Å². The van der Waals surface area contributed by atoms with E-state index in [0.29, 0.717) is 6.04 Å². The Bertz CT molecular complexity index is 458. The lowest BCUT2D eigenvalue weighted by Crippen LogP contribution is -2.34. The number of carbonyl (C=O) groups excluding carboxylic acids is 1. The molecule has 2 N–H and O–H groups in total. The zero-order valence-electron chi connectivity index (χ0n) is 13.3. The SMILES string of the molecule is CCCNc1ccccc1C(=O)NC1CCCC(C)CC1. The van der Waals surface area contributed by atoms with E-state index in [4.69, 9.17) is 0 Å². The highest BCUT2D eigenvalue weighted by atomic mass is 16.1. The van der Waals surface area contributed by atoms with Gasteiger partial charge in [0.15, 0.2) is 0 Å². The van der Waals surface area contributed by atoms with Crippen LogP contribution in [0.4, 0.5) is 5.69 Å². The van der Waals surface area contributed by atoms with Crippen molar-refractivity contribution in [1.82, 2.24) is 5.32 Å². The third kappa shape index (κ3) is 4.76. The van der Waals surface area contributed by atoms with Crippen LogP contribution in [0, 0.1) is 5.92 Å². The Balaban J connectivity index is 1.99. The van der Waals surface area contributed by atoms with Crippen LogP contribution >= 0.6 is 0 Å². The van der Waals surface area contributed by atoms with Crippen molar-refractivity contribution in [3.05, 3.63) is 29.8 Å². The Kier molecular flexibility index (Phi) is 6.09. The van der Waals surface area contributed by atoms with Crippen LogP contribution in [0.15, 0.2) is 24.3 Å². The zero-order chi connectivity index (χ0) is 15.1. The van der Waals surface area contributed by atoms with Crippen molar-refractivity contribution in [1.29, 1.82) is 0 Å². The predicted molar refractivity (Wildman–Crippen MR) is 88.7 cm³/mol. The van der Waals surface area contributed by atoms with Gasteiger partial charge in [-0.15, -0.1) is 0 Å². The van der Waals surface area contributed by atoms with Crippen molar-refractivity contribution < 1.29 is 4.79 Å². The van der Waals surface area contributed by atoms with Gasteiger partial charge in [-0.25, -0.2) is 0 Å². The van der Waals surface area contributed by atoms with E-state index in [1.807, 2.05) is 24.3 Å². The molecule has 1 aromatic carbocycles. The smallest absolute Gasteiger partial charge is 0.253 e. The number of hydrogen-bond acceptors (Lipinski definition) is 2. The van der Waals surface area contributed by atoms with Gasteiger partial charge < -0.3 is 10.6 Å². The molecule has 0 saturated heterocycles. The number of para-hydroxylation sites is 1. The zero-order valence-corrected chi connectivity index (χ0v) is 13.3. The Morgan fingerprint density at radius 2 is 2.00 bits per heavy atom. The van der Waals surface area contributed by atoms with Gasteiger partial charge in [-0.3, -0.25) is 4.79 Å². The maximum atomic E-state index is 12.5. The van der Waals surface area contributed by atoms with Crippen molar-refractivity contribution in [3.63, 3.8) is 0 Å². The first-order valence-corrected chi connectivity index (χ1v) is 8.34. The first kappa shape index (κ1) is 15.9. The molecule has 3 heteroatoms. The molecule has 1 amide bonds. The first-order chi connectivity index (χ1) is 10.2. The lowest BCUT2D eigenvalue weighted by molar-refractivity contribution is 0.0934. The molecule has 1 saturated carbocycles. The highest BCUT2D eigenvalue weighted by Crippen LogP contribution is 2.23. The fourth-order valence-electron chi connectivity index (χ4n) is 2.99. The van der Waals surface area contributed by atoms with Crippen LogP contribution in [-0.2, 0) is 0 Å². The Morgan fingerprint density at radius 1 is 1.19 bits per heavy atom. The molecule has 2 rings (SSSR count). The summed E-state index contributed by atoms with van der Waals surface area (Å²) in [5.74, 6) is 0.860. The molecule has 0 aliphatic heterocycles. The second-order valence-electron chi connectivity index (χ2n) is 6.26. The van der Waals surface area contributed by atoms with Crippen LogP contribution in [0.1, 0.15) is 62.7 Å². The minimum atomic E-state index is 0.0637. The normalized spacial score (nSPS) is 22.4. The molecule has 2 unspecified atom stereocenters. The van der Waals surface area contributed by atoms with Crippen LogP contribution in [0.5, 0.6) is 0 Å². The maximum Gasteiger partial charge on any atom is 0.253 e. The van der Waals surface area contributed by atoms with Gasteiger partial charge in [0.25, 0.3) is 5.91 Å². The summed E-state index contributed by atoms with van der Waals surface area (Å²) in [7, 11) is 0. The molecule has 3 nitrogen and oxygen atoms in total. The van der Waals surface area contributed by atoms with Gasteiger partial charge in [0.1, 0.15) is 0 Å². The van der Waals surface area contributed by atoms with E-state index in [1.54, 1.807) is 0 Å². The fraction of sp³-hybridized carbons (Fsp3) is 0.611. The molecule has 0 heterocycles. The van der Waals surface area contributed by atoms with Crippen molar-refractivity contribution in [2.45, 2.75) is 58.4 Å². The van der Waals surface area contributed by atoms with E-state index < -0.39 is 0 Å². The third-order valence-electron chi connectivity index (χ3n) is 4.33. The Labute approximate surface area is 128 Å².